The number of rotatable bonds is 1. The summed E-state index contributed by atoms with van der Waals surface area (Å²) in [4.78, 5) is 15.7. The van der Waals surface area contributed by atoms with Crippen LogP contribution in [0.25, 0.3) is 0 Å². The number of carbonyl (C=O) groups excluding carboxylic acids is 1. The first-order valence-electron chi connectivity index (χ1n) is 15.1. The summed E-state index contributed by atoms with van der Waals surface area (Å²) in [6.07, 6.45) is 1.70. The molecule has 2 saturated carbocycles. The highest BCUT2D eigenvalue weighted by Crippen LogP contribution is 2.73. The molecule has 1 aromatic rings. The SMILES string of the molecule is CC1=C[C@]23C(O)[C@@H](C=C4COC(C)(C)O[C@H]4[C@]2(O)[C@H]1OC(=O)N1c2ccccc2OCC1C)[C@H]1[C@@H](C[C@H]3C)C1(C)C. The van der Waals surface area contributed by atoms with Crippen molar-refractivity contribution in [3.05, 3.63) is 47.6 Å². The first kappa shape index (κ1) is 27.4. The van der Waals surface area contributed by atoms with Gasteiger partial charge < -0.3 is 29.2 Å². The number of amides is 1. The second-order valence-electron chi connectivity index (χ2n) is 14.4. The maximum absolute atomic E-state index is 14.1. The molecule has 2 bridgehead atoms. The number of hydrogen-bond donors (Lipinski definition) is 2. The number of aliphatic hydroxyl groups is 2. The Morgan fingerprint density at radius 3 is 2.63 bits per heavy atom. The zero-order valence-electron chi connectivity index (χ0n) is 25.1. The van der Waals surface area contributed by atoms with Crippen molar-refractivity contribution in [2.45, 2.75) is 90.6 Å². The molecule has 8 heteroatoms. The fourth-order valence-corrected chi connectivity index (χ4v) is 9.34. The molecule has 2 N–H and O–H groups in total. The summed E-state index contributed by atoms with van der Waals surface area (Å²) < 4.78 is 24.9. The summed E-state index contributed by atoms with van der Waals surface area (Å²) in [5.41, 5.74) is -0.571. The molecule has 41 heavy (non-hydrogen) atoms. The molecule has 3 fully saturated rings. The van der Waals surface area contributed by atoms with Gasteiger partial charge in [0.2, 0.25) is 0 Å². The van der Waals surface area contributed by atoms with Gasteiger partial charge in [0, 0.05) is 5.92 Å². The molecular weight excluding hydrogens is 522 g/mol. The summed E-state index contributed by atoms with van der Waals surface area (Å²) in [5.74, 6) is 0.0902. The molecule has 6 aliphatic rings. The number of benzene rings is 1. The second-order valence-corrected chi connectivity index (χ2v) is 14.4. The maximum Gasteiger partial charge on any atom is 0.415 e. The molecule has 10 atom stereocenters. The van der Waals surface area contributed by atoms with Gasteiger partial charge in [-0.3, -0.25) is 4.90 Å². The molecule has 0 aromatic heterocycles. The van der Waals surface area contributed by atoms with E-state index in [9.17, 15) is 15.0 Å². The number of nitrogens with zero attached hydrogens (tertiary/aromatic N) is 1. The van der Waals surface area contributed by atoms with E-state index < -0.39 is 41.2 Å². The quantitative estimate of drug-likeness (QED) is 0.471. The van der Waals surface area contributed by atoms with Gasteiger partial charge in [-0.15, -0.1) is 0 Å². The minimum Gasteiger partial charge on any atom is -0.489 e. The maximum atomic E-state index is 14.1. The predicted molar refractivity (Wildman–Crippen MR) is 152 cm³/mol. The van der Waals surface area contributed by atoms with E-state index in [4.69, 9.17) is 18.9 Å². The highest BCUT2D eigenvalue weighted by atomic mass is 16.7. The van der Waals surface area contributed by atoms with Crippen LogP contribution in [0.4, 0.5) is 10.5 Å². The van der Waals surface area contributed by atoms with Crippen LogP contribution in [0.1, 0.15) is 54.9 Å². The van der Waals surface area contributed by atoms with Gasteiger partial charge >= 0.3 is 6.09 Å². The Balaban J connectivity index is 1.35. The normalized spacial score (nSPS) is 44.9. The Hall–Kier alpha value is -2.39. The van der Waals surface area contributed by atoms with Crippen LogP contribution in [0, 0.1) is 34.5 Å². The van der Waals surface area contributed by atoms with Gasteiger partial charge in [-0.1, -0.05) is 45.1 Å². The predicted octanol–water partition coefficient (Wildman–Crippen LogP) is 4.84. The lowest BCUT2D eigenvalue weighted by Gasteiger charge is -2.55. The van der Waals surface area contributed by atoms with Crippen LogP contribution in [0.15, 0.2) is 47.6 Å². The van der Waals surface area contributed by atoms with Crippen molar-refractivity contribution in [2.24, 2.45) is 34.5 Å². The molecule has 1 aromatic carbocycles. The van der Waals surface area contributed by atoms with E-state index in [1.54, 1.807) is 4.90 Å². The molecule has 222 valence electrons. The Labute approximate surface area is 242 Å². The van der Waals surface area contributed by atoms with Gasteiger partial charge in [0.25, 0.3) is 0 Å². The first-order chi connectivity index (χ1) is 19.2. The van der Waals surface area contributed by atoms with Gasteiger partial charge in [0.05, 0.1) is 29.9 Å². The molecule has 1 amide bonds. The number of aliphatic hydroxyl groups excluding tert-OH is 1. The van der Waals surface area contributed by atoms with E-state index in [1.165, 1.54) is 0 Å². The average Bonchev–Trinajstić information content (AvgIpc) is 3.40. The fourth-order valence-electron chi connectivity index (χ4n) is 9.34. The Bertz CT molecular complexity index is 1350. The third-order valence-electron chi connectivity index (χ3n) is 11.4. The van der Waals surface area contributed by atoms with Crippen LogP contribution in [0.2, 0.25) is 0 Å². The molecule has 4 aliphatic carbocycles. The minimum atomic E-state index is -1.75. The number of hydrogen-bond acceptors (Lipinski definition) is 7. The van der Waals surface area contributed by atoms with E-state index in [0.29, 0.717) is 24.0 Å². The van der Waals surface area contributed by atoms with Crippen LogP contribution in [-0.2, 0) is 14.2 Å². The standard InChI is InChI=1S/C33H43NO7/c1-17-14-32-18(2)12-22-25(30(22,4)5)21(26(32)35)13-20-16-39-31(6,7)41-28(20)33(32,37)27(17)40-29(36)34-19(3)15-38-24-11-9-8-10-23(24)34/h8-11,13-14,18-19,21-22,25-28,35,37H,12,15-16H2,1-7H3/t18-,19?,21+,22-,25+,26?,27+,28-,32+,33-/m1/s1. The third-order valence-corrected chi connectivity index (χ3v) is 11.4. The lowest BCUT2D eigenvalue weighted by atomic mass is 9.58. The van der Waals surface area contributed by atoms with Gasteiger partial charge in [-0.2, -0.15) is 0 Å². The highest BCUT2D eigenvalue weighted by molar-refractivity contribution is 5.91. The van der Waals surface area contributed by atoms with Gasteiger partial charge in [0.15, 0.2) is 11.9 Å². The molecule has 8 nitrogen and oxygen atoms in total. The van der Waals surface area contributed by atoms with Crippen molar-refractivity contribution in [1.82, 2.24) is 0 Å². The third kappa shape index (κ3) is 3.51. The number of fused-ring (bicyclic) bond motifs is 6. The molecule has 2 heterocycles. The zero-order valence-corrected chi connectivity index (χ0v) is 25.1. The number of ether oxygens (including phenoxy) is 4. The molecule has 7 rings (SSSR count). The van der Waals surface area contributed by atoms with E-state index in [0.717, 1.165) is 17.6 Å². The van der Waals surface area contributed by atoms with Crippen molar-refractivity contribution in [3.63, 3.8) is 0 Å². The number of carbonyl (C=O) groups is 1. The largest absolute Gasteiger partial charge is 0.489 e. The van der Waals surface area contributed by atoms with E-state index in [1.807, 2.05) is 58.0 Å². The van der Waals surface area contributed by atoms with Crippen molar-refractivity contribution in [1.29, 1.82) is 0 Å². The van der Waals surface area contributed by atoms with Crippen molar-refractivity contribution >= 4 is 11.8 Å². The number of para-hydroxylation sites is 2. The molecule has 0 radical (unpaired) electrons. The molecular formula is C33H43NO7. The molecule has 2 aliphatic heterocycles. The summed E-state index contributed by atoms with van der Waals surface area (Å²) in [7, 11) is 0. The first-order valence-corrected chi connectivity index (χ1v) is 15.1. The van der Waals surface area contributed by atoms with E-state index >= 15 is 0 Å². The fraction of sp³-hybridized carbons (Fsp3) is 0.667. The van der Waals surface area contributed by atoms with Crippen LogP contribution in [0.3, 0.4) is 0 Å². The van der Waals surface area contributed by atoms with Crippen molar-refractivity contribution < 1.29 is 34.0 Å². The number of anilines is 1. The summed E-state index contributed by atoms with van der Waals surface area (Å²) in [6.45, 7) is 14.8. The topological polar surface area (TPSA) is 97.7 Å². The summed E-state index contributed by atoms with van der Waals surface area (Å²) in [6, 6.07) is 7.14. The van der Waals surface area contributed by atoms with E-state index in [-0.39, 0.29) is 35.8 Å². The smallest absolute Gasteiger partial charge is 0.415 e. The highest BCUT2D eigenvalue weighted by Gasteiger charge is 2.77. The second kappa shape index (κ2) is 8.59. The lowest BCUT2D eigenvalue weighted by Crippen LogP contribution is -2.69. The Morgan fingerprint density at radius 2 is 1.88 bits per heavy atom. The average molecular weight is 566 g/mol. The molecule has 1 spiro atoms. The van der Waals surface area contributed by atoms with Crippen LogP contribution in [0.5, 0.6) is 5.75 Å². The monoisotopic (exact) mass is 565 g/mol. The molecule has 2 unspecified atom stereocenters. The van der Waals surface area contributed by atoms with Gasteiger partial charge in [-0.25, -0.2) is 4.79 Å². The van der Waals surface area contributed by atoms with E-state index in [2.05, 4.69) is 26.8 Å². The lowest BCUT2D eigenvalue weighted by molar-refractivity contribution is -0.311. The Morgan fingerprint density at radius 1 is 1.15 bits per heavy atom. The Kier molecular flexibility index (Phi) is 5.75. The summed E-state index contributed by atoms with van der Waals surface area (Å²) >= 11 is 0. The minimum absolute atomic E-state index is 0.0919. The van der Waals surface area contributed by atoms with Crippen LogP contribution >= 0.6 is 0 Å². The van der Waals surface area contributed by atoms with Crippen LogP contribution in [-0.4, -0.2) is 65.3 Å². The van der Waals surface area contributed by atoms with Crippen molar-refractivity contribution in [3.8, 4) is 5.75 Å². The zero-order chi connectivity index (χ0) is 29.3. The van der Waals surface area contributed by atoms with Gasteiger partial charge in [0.1, 0.15) is 24.1 Å². The van der Waals surface area contributed by atoms with Crippen molar-refractivity contribution in [2.75, 3.05) is 18.1 Å². The molecule has 1 saturated heterocycles. The van der Waals surface area contributed by atoms with Gasteiger partial charge in [-0.05, 0) is 80.6 Å². The summed E-state index contributed by atoms with van der Waals surface area (Å²) in [5, 5.41) is 25.7. The van der Waals surface area contributed by atoms with Crippen LogP contribution < -0.4 is 9.64 Å².